The minimum absolute atomic E-state index is 0.298. The number of unbranched alkanes of at least 4 members (excludes halogenated alkanes) is 4. The zero-order valence-electron chi connectivity index (χ0n) is 21.9. The van der Waals surface area contributed by atoms with Gasteiger partial charge in [0.1, 0.15) is 0 Å². The van der Waals surface area contributed by atoms with Crippen molar-refractivity contribution in [1.82, 2.24) is 0 Å². The zero-order valence-corrected chi connectivity index (χ0v) is 25.8. The van der Waals surface area contributed by atoms with Gasteiger partial charge >= 0.3 is 197 Å². The summed E-state index contributed by atoms with van der Waals surface area (Å²) in [4.78, 5) is 0. The van der Waals surface area contributed by atoms with Crippen molar-refractivity contribution in [3.63, 3.8) is 0 Å². The molecular formula is C27H56OSiSn. The number of hydrogen-bond donors (Lipinski definition) is 0. The molecule has 0 rings (SSSR count). The van der Waals surface area contributed by atoms with E-state index in [1.165, 1.54) is 69.5 Å². The summed E-state index contributed by atoms with van der Waals surface area (Å²) in [6.45, 7) is 16.4. The van der Waals surface area contributed by atoms with Crippen LogP contribution in [0.2, 0.25) is 31.4 Å². The van der Waals surface area contributed by atoms with E-state index in [9.17, 15) is 0 Å². The van der Waals surface area contributed by atoms with Crippen LogP contribution in [0.5, 0.6) is 0 Å². The van der Waals surface area contributed by atoms with Gasteiger partial charge in [0, 0.05) is 0 Å². The Morgan fingerprint density at radius 2 is 1.20 bits per heavy atom. The molecule has 0 aliphatic carbocycles. The fourth-order valence-electron chi connectivity index (χ4n) is 4.57. The monoisotopic (exact) mass is 544 g/mol. The van der Waals surface area contributed by atoms with Crippen LogP contribution in [0.4, 0.5) is 0 Å². The van der Waals surface area contributed by atoms with Crippen molar-refractivity contribution in [1.29, 1.82) is 0 Å². The van der Waals surface area contributed by atoms with E-state index in [1.54, 1.807) is 13.3 Å². The average molecular weight is 544 g/mol. The normalized spacial score (nSPS) is 14.2. The Hall–Kier alpha value is 0.456. The third-order valence-corrected chi connectivity index (χ3v) is 26.0. The number of allylic oxidation sites excluding steroid dienone is 1. The predicted octanol–water partition coefficient (Wildman–Crippen LogP) is 10.1. The minimum atomic E-state index is -2.17. The Labute approximate surface area is 196 Å². The molecule has 0 bridgehead atoms. The zero-order chi connectivity index (χ0) is 22.7. The maximum absolute atomic E-state index is 6.91. The molecule has 3 heteroatoms. The summed E-state index contributed by atoms with van der Waals surface area (Å²) in [7, 11) is -1.57. The molecule has 178 valence electrons. The van der Waals surface area contributed by atoms with Crippen molar-refractivity contribution in [3.05, 3.63) is 22.3 Å². The van der Waals surface area contributed by atoms with Gasteiger partial charge in [-0.1, -0.05) is 0 Å². The Balaban J connectivity index is 5.47. The molecule has 0 N–H and O–H groups in total. The standard InChI is InChI=1S/C15H29OSi.3C4H9.Sn/c1-6-11-12-14-15(13-7-2)16-17(8-3,9-4)10-5;3*1-3-4-2;/h2,7,12,14-15H,6,8-11,13H2,1,3-5H3;3*1,3-4H2,2H3;. The van der Waals surface area contributed by atoms with Crippen molar-refractivity contribution in [2.45, 2.75) is 144 Å². The summed E-state index contributed by atoms with van der Waals surface area (Å²) in [5.41, 5.74) is 0. The Kier molecular flexibility index (Phi) is 19.3. The second-order valence-electron chi connectivity index (χ2n) is 9.43. The first-order valence-corrected chi connectivity index (χ1v) is 23.8. The molecule has 0 saturated heterocycles. The van der Waals surface area contributed by atoms with Crippen LogP contribution in [0.1, 0.15) is 106 Å². The van der Waals surface area contributed by atoms with E-state index >= 15 is 0 Å². The van der Waals surface area contributed by atoms with Crippen LogP contribution in [-0.4, -0.2) is 32.8 Å². The third-order valence-electron chi connectivity index (χ3n) is 7.06. The van der Waals surface area contributed by atoms with E-state index in [4.69, 9.17) is 4.43 Å². The Morgan fingerprint density at radius 3 is 1.60 bits per heavy atom. The van der Waals surface area contributed by atoms with E-state index in [0.717, 1.165) is 6.42 Å². The molecule has 30 heavy (non-hydrogen) atoms. The van der Waals surface area contributed by atoms with Gasteiger partial charge in [-0.15, -0.1) is 0 Å². The van der Waals surface area contributed by atoms with Crippen LogP contribution in [0, 0.1) is 0 Å². The van der Waals surface area contributed by atoms with Gasteiger partial charge in [-0.3, -0.25) is 0 Å². The molecule has 0 amide bonds. The van der Waals surface area contributed by atoms with Crippen molar-refractivity contribution in [2.24, 2.45) is 0 Å². The van der Waals surface area contributed by atoms with E-state index < -0.39 is 26.7 Å². The van der Waals surface area contributed by atoms with E-state index in [-0.39, 0.29) is 0 Å². The van der Waals surface area contributed by atoms with Gasteiger partial charge in [0.15, 0.2) is 0 Å². The summed E-state index contributed by atoms with van der Waals surface area (Å²) < 4.78 is 14.5. The quantitative estimate of drug-likeness (QED) is 0.110. The molecule has 0 aliphatic heterocycles. The Morgan fingerprint density at radius 1 is 0.700 bits per heavy atom. The second-order valence-corrected chi connectivity index (χ2v) is 27.2. The van der Waals surface area contributed by atoms with Gasteiger partial charge in [-0.25, -0.2) is 0 Å². The van der Waals surface area contributed by atoms with Gasteiger partial charge in [-0.2, -0.15) is 0 Å². The fourth-order valence-corrected chi connectivity index (χ4v) is 21.8. The van der Waals surface area contributed by atoms with E-state index in [1.807, 2.05) is 0 Å². The molecule has 1 unspecified atom stereocenters. The molecule has 0 aromatic heterocycles. The first kappa shape index (κ1) is 30.5. The van der Waals surface area contributed by atoms with Crippen LogP contribution < -0.4 is 0 Å². The van der Waals surface area contributed by atoms with Gasteiger partial charge < -0.3 is 0 Å². The molecule has 0 aromatic carbocycles. The molecule has 0 spiro atoms. The first-order valence-electron chi connectivity index (χ1n) is 13.5. The van der Waals surface area contributed by atoms with Crippen LogP contribution in [-0.2, 0) is 4.43 Å². The van der Waals surface area contributed by atoms with Gasteiger partial charge in [0.05, 0.1) is 0 Å². The third kappa shape index (κ3) is 12.5. The van der Waals surface area contributed by atoms with Crippen molar-refractivity contribution in [3.8, 4) is 0 Å². The van der Waals surface area contributed by atoms with Crippen LogP contribution in [0.3, 0.4) is 0 Å². The van der Waals surface area contributed by atoms with Crippen LogP contribution in [0.15, 0.2) is 22.3 Å². The van der Waals surface area contributed by atoms with Crippen molar-refractivity contribution in [2.75, 3.05) is 0 Å². The van der Waals surface area contributed by atoms with Gasteiger partial charge in [0.25, 0.3) is 0 Å². The molecule has 0 saturated carbocycles. The van der Waals surface area contributed by atoms with Crippen molar-refractivity contribution >= 4 is 26.7 Å². The van der Waals surface area contributed by atoms with Gasteiger partial charge in [-0.05, 0) is 0 Å². The summed E-state index contributed by atoms with van der Waals surface area (Å²) in [5, 5.41) is 0. The molecule has 0 aromatic rings. The summed E-state index contributed by atoms with van der Waals surface area (Å²) >= 11 is -2.17. The summed E-state index contributed by atoms with van der Waals surface area (Å²) in [6.07, 6.45) is 19.6. The predicted molar refractivity (Wildman–Crippen MR) is 145 cm³/mol. The first-order chi connectivity index (χ1) is 14.5. The molecular weight excluding hydrogens is 487 g/mol. The Bertz CT molecular complexity index is 412. The summed E-state index contributed by atoms with van der Waals surface area (Å²) in [5.74, 6) is 0. The van der Waals surface area contributed by atoms with Gasteiger partial charge in [0.2, 0.25) is 0 Å². The number of rotatable bonds is 20. The SMILES string of the molecule is CCCC=CC(CC=[CH][Sn]([CH2]CCC)([CH2]CCC)[CH2]CCC)O[Si](CC)(CC)CC. The van der Waals surface area contributed by atoms with Crippen molar-refractivity contribution < 1.29 is 4.43 Å². The summed E-state index contributed by atoms with van der Waals surface area (Å²) in [6, 6.07) is 3.73. The van der Waals surface area contributed by atoms with Crippen LogP contribution in [0.25, 0.3) is 0 Å². The average Bonchev–Trinajstić information content (AvgIpc) is 2.78. The molecule has 1 nitrogen and oxygen atoms in total. The topological polar surface area (TPSA) is 9.23 Å². The molecule has 0 radical (unpaired) electrons. The molecule has 1 atom stereocenters. The molecule has 0 aliphatic rings. The van der Waals surface area contributed by atoms with Crippen LogP contribution >= 0.6 is 0 Å². The molecule has 0 fully saturated rings. The van der Waals surface area contributed by atoms with E-state index in [0.29, 0.717) is 6.10 Å². The second kappa shape index (κ2) is 19.0. The van der Waals surface area contributed by atoms with E-state index in [2.05, 4.69) is 70.8 Å². The molecule has 0 heterocycles. The fraction of sp³-hybridized carbons (Fsp3) is 0.852. The maximum atomic E-state index is 6.91. The number of hydrogen-bond acceptors (Lipinski definition) is 1.